The van der Waals surface area contributed by atoms with Gasteiger partial charge in [0.2, 0.25) is 11.9 Å². The smallest absolute Gasteiger partial charge is 0.217 e. The fourth-order valence-electron chi connectivity index (χ4n) is 4.15. The van der Waals surface area contributed by atoms with E-state index < -0.39 is 0 Å². The van der Waals surface area contributed by atoms with Gasteiger partial charge in [-0.3, -0.25) is 0 Å². The predicted molar refractivity (Wildman–Crippen MR) is 101 cm³/mol. The lowest BCUT2D eigenvalue weighted by Crippen LogP contribution is -2.36. The van der Waals surface area contributed by atoms with Gasteiger partial charge in [0.15, 0.2) is 6.54 Å². The Morgan fingerprint density at radius 1 is 1.07 bits per heavy atom. The highest BCUT2D eigenvalue weighted by Crippen LogP contribution is 2.37. The van der Waals surface area contributed by atoms with Crippen LogP contribution in [0.1, 0.15) is 11.1 Å². The molecule has 1 aliphatic heterocycles. The normalized spacial score (nSPS) is 12.2. The number of nitriles is 1. The molecule has 5 aromatic rings. The average molecular weight is 347 g/mol. The second-order valence-corrected chi connectivity index (χ2v) is 6.73. The molecule has 0 fully saturated rings. The van der Waals surface area contributed by atoms with Crippen LogP contribution >= 0.6 is 0 Å². The number of hydrogen-bond acceptors (Lipinski definition) is 2. The highest BCUT2D eigenvalue weighted by Gasteiger charge is 2.31. The quantitative estimate of drug-likeness (QED) is 0.298. The van der Waals surface area contributed by atoms with Crippen molar-refractivity contribution in [3.63, 3.8) is 0 Å². The summed E-state index contributed by atoms with van der Waals surface area (Å²) in [6.07, 6.45) is 1.96. The van der Waals surface area contributed by atoms with Crippen LogP contribution in [-0.2, 0) is 6.54 Å². The van der Waals surface area contributed by atoms with Crippen molar-refractivity contribution in [2.75, 3.05) is 0 Å². The highest BCUT2D eigenvalue weighted by atomic mass is 16.3. The van der Waals surface area contributed by atoms with E-state index >= 15 is 0 Å². The van der Waals surface area contributed by atoms with Gasteiger partial charge in [-0.2, -0.15) is 5.26 Å². The summed E-state index contributed by atoms with van der Waals surface area (Å²) < 4.78 is 10.1. The maximum absolute atomic E-state index is 9.45. The first-order valence-corrected chi connectivity index (χ1v) is 8.59. The number of benzene rings is 3. The lowest BCUT2D eigenvalue weighted by Gasteiger charge is -2.01. The number of nitrogens with zero attached hydrogens (tertiary/aromatic N) is 4. The molecule has 0 amide bonds. The summed E-state index contributed by atoms with van der Waals surface area (Å²) in [4.78, 5) is 3.68. The minimum absolute atomic E-state index is 0.542. The number of furan rings is 1. The van der Waals surface area contributed by atoms with Gasteiger partial charge >= 0.3 is 0 Å². The molecular formula is C22H11N4O+. The third kappa shape index (κ3) is 1.68. The van der Waals surface area contributed by atoms with Crippen LogP contribution in [0.2, 0.25) is 0 Å². The molecule has 0 radical (unpaired) electrons. The zero-order valence-corrected chi connectivity index (χ0v) is 14.1. The SMILES string of the molecule is [C-]#[N+]c1ccc(C#N)c2c[n+]3n(c12)-c1cc2oc4ccccc4c2cc1C3. The van der Waals surface area contributed by atoms with Gasteiger partial charge in [-0.05, 0) is 12.1 Å². The third-order valence-electron chi connectivity index (χ3n) is 5.32. The van der Waals surface area contributed by atoms with Crippen LogP contribution in [0.25, 0.3) is 43.4 Å². The Balaban J connectivity index is 1.73. The van der Waals surface area contributed by atoms with Crippen molar-refractivity contribution < 1.29 is 9.10 Å². The van der Waals surface area contributed by atoms with Gasteiger partial charge in [-0.1, -0.05) is 30.3 Å². The van der Waals surface area contributed by atoms with Crippen molar-refractivity contribution in [2.45, 2.75) is 6.54 Å². The van der Waals surface area contributed by atoms with E-state index in [1.807, 2.05) is 35.1 Å². The van der Waals surface area contributed by atoms with Crippen molar-refractivity contribution in [3.05, 3.63) is 77.3 Å². The van der Waals surface area contributed by atoms with Gasteiger partial charge in [-0.25, -0.2) is 4.85 Å². The lowest BCUT2D eigenvalue weighted by atomic mass is 10.1. The van der Waals surface area contributed by atoms with Gasteiger partial charge in [0.1, 0.15) is 22.4 Å². The molecule has 0 aliphatic carbocycles. The summed E-state index contributed by atoms with van der Waals surface area (Å²) in [5.74, 6) is 0. The zero-order valence-electron chi connectivity index (χ0n) is 14.1. The van der Waals surface area contributed by atoms with E-state index in [4.69, 9.17) is 11.0 Å². The minimum atomic E-state index is 0.542. The highest BCUT2D eigenvalue weighted by molar-refractivity contribution is 6.06. The fourth-order valence-corrected chi connectivity index (χ4v) is 4.15. The summed E-state index contributed by atoms with van der Waals surface area (Å²) in [6.45, 7) is 8.24. The number of hydrogen-bond donors (Lipinski definition) is 0. The standard InChI is InChI=1S/C22H11N4O/c1-24-18-7-6-13(10-23)17-12-25-11-14-8-16-15-4-2-3-5-20(15)27-21(16)9-19(14)26(25)22(17)18/h2-9,12H,11H2/q+1. The van der Waals surface area contributed by atoms with Crippen molar-refractivity contribution in [2.24, 2.45) is 0 Å². The topological polar surface area (TPSA) is 50.1 Å². The number of aromatic nitrogens is 2. The molecule has 2 aromatic heterocycles. The van der Waals surface area contributed by atoms with Crippen LogP contribution in [0.3, 0.4) is 0 Å². The molecule has 5 nitrogen and oxygen atoms in total. The van der Waals surface area contributed by atoms with E-state index in [1.165, 1.54) is 5.56 Å². The van der Waals surface area contributed by atoms with E-state index in [0.717, 1.165) is 38.5 Å². The molecule has 27 heavy (non-hydrogen) atoms. The van der Waals surface area contributed by atoms with E-state index in [-0.39, 0.29) is 0 Å². The monoisotopic (exact) mass is 347 g/mol. The number of fused-ring (bicyclic) bond motifs is 8. The fraction of sp³-hybridized carbons (Fsp3) is 0.0455. The molecule has 0 spiro atoms. The van der Waals surface area contributed by atoms with Crippen LogP contribution in [0.15, 0.2) is 59.1 Å². The van der Waals surface area contributed by atoms with Crippen molar-refractivity contribution in [3.8, 4) is 11.8 Å². The summed E-state index contributed by atoms with van der Waals surface area (Å²) >= 11 is 0. The maximum Gasteiger partial charge on any atom is 0.217 e. The molecule has 3 heterocycles. The van der Waals surface area contributed by atoms with E-state index in [0.29, 0.717) is 17.8 Å². The third-order valence-corrected chi connectivity index (χ3v) is 5.32. The molecule has 0 atom stereocenters. The molecule has 5 heteroatoms. The van der Waals surface area contributed by atoms with Crippen molar-refractivity contribution in [1.82, 2.24) is 4.68 Å². The Hall–Kier alpha value is -4.09. The predicted octanol–water partition coefficient (Wildman–Crippen LogP) is 4.60. The summed E-state index contributed by atoms with van der Waals surface area (Å²) in [5, 5.41) is 12.5. The summed E-state index contributed by atoms with van der Waals surface area (Å²) in [5.41, 5.74) is 5.77. The molecule has 0 saturated heterocycles. The molecule has 1 aliphatic rings. The summed E-state index contributed by atoms with van der Waals surface area (Å²) in [7, 11) is 0. The molecular weight excluding hydrogens is 336 g/mol. The number of para-hydroxylation sites is 1. The molecule has 0 unspecified atom stereocenters. The van der Waals surface area contributed by atoms with Gasteiger partial charge < -0.3 is 4.42 Å². The Kier molecular flexibility index (Phi) is 2.48. The Morgan fingerprint density at radius 2 is 1.96 bits per heavy atom. The zero-order chi connectivity index (χ0) is 18.1. The Labute approximate surface area is 153 Å². The molecule has 3 aromatic carbocycles. The van der Waals surface area contributed by atoms with Crippen LogP contribution in [0.4, 0.5) is 5.69 Å². The molecule has 0 bridgehead atoms. The van der Waals surface area contributed by atoms with Gasteiger partial charge in [0, 0.05) is 22.4 Å². The average Bonchev–Trinajstić information content (AvgIpc) is 3.34. The maximum atomic E-state index is 9.45. The molecule has 0 saturated carbocycles. The van der Waals surface area contributed by atoms with E-state index in [1.54, 1.807) is 12.1 Å². The van der Waals surface area contributed by atoms with Crippen molar-refractivity contribution in [1.29, 1.82) is 5.26 Å². The van der Waals surface area contributed by atoms with E-state index in [9.17, 15) is 5.26 Å². The van der Waals surface area contributed by atoms with Crippen LogP contribution < -0.4 is 4.68 Å². The Morgan fingerprint density at radius 3 is 2.81 bits per heavy atom. The number of rotatable bonds is 0. The van der Waals surface area contributed by atoms with Crippen LogP contribution in [-0.4, -0.2) is 4.68 Å². The summed E-state index contributed by atoms with van der Waals surface area (Å²) in [6, 6.07) is 17.9. The van der Waals surface area contributed by atoms with E-state index in [2.05, 4.69) is 27.7 Å². The van der Waals surface area contributed by atoms with Crippen LogP contribution in [0, 0.1) is 17.9 Å². The van der Waals surface area contributed by atoms with Gasteiger partial charge in [-0.15, -0.1) is 9.36 Å². The first-order valence-electron chi connectivity index (χ1n) is 8.59. The minimum Gasteiger partial charge on any atom is -0.456 e. The lowest BCUT2D eigenvalue weighted by molar-refractivity contribution is -0.749. The molecule has 0 N–H and O–H groups in total. The van der Waals surface area contributed by atoms with Crippen LogP contribution in [0.5, 0.6) is 0 Å². The molecule has 124 valence electrons. The first-order chi connectivity index (χ1) is 13.3. The molecule has 6 rings (SSSR count). The second-order valence-electron chi connectivity index (χ2n) is 6.73. The second kappa shape index (κ2) is 4.75. The van der Waals surface area contributed by atoms with Crippen molar-refractivity contribution >= 4 is 38.5 Å². The van der Waals surface area contributed by atoms with Gasteiger partial charge in [0.25, 0.3) is 0 Å². The largest absolute Gasteiger partial charge is 0.456 e. The van der Waals surface area contributed by atoms with Gasteiger partial charge in [0.05, 0.1) is 23.6 Å². The Bertz CT molecular complexity index is 1520. The first kappa shape index (κ1) is 14.1.